The van der Waals surface area contributed by atoms with Crippen molar-refractivity contribution in [2.24, 2.45) is 11.3 Å². The normalized spacial score (nSPS) is 16.0. The lowest BCUT2D eigenvalue weighted by molar-refractivity contribution is -0.144. The Labute approximate surface area is 440 Å². The van der Waals surface area contributed by atoms with Gasteiger partial charge in [-0.15, -0.1) is 11.3 Å². The van der Waals surface area contributed by atoms with Crippen LogP contribution in [-0.2, 0) is 39.9 Å². The van der Waals surface area contributed by atoms with E-state index in [2.05, 4.69) is 42.8 Å². The summed E-state index contributed by atoms with van der Waals surface area (Å²) in [6.45, 7) is 15.8. The number of aliphatic hydroxyl groups is 1. The molecule has 1 aliphatic carbocycles. The maximum absolute atomic E-state index is 14.0. The number of hydrogen-bond donors (Lipinski definition) is 5. The highest BCUT2D eigenvalue weighted by Gasteiger charge is 2.44. The molecule has 0 spiro atoms. The van der Waals surface area contributed by atoms with E-state index in [9.17, 15) is 24.3 Å². The number of aliphatic hydroxyl groups excluding tert-OH is 1. The molecule has 3 atom stereocenters. The molecular weight excluding hydrogens is 963 g/mol. The van der Waals surface area contributed by atoms with Crippen LogP contribution in [0.4, 0.5) is 17.5 Å². The number of nitrogens with one attached hydrogen (secondary N) is 4. The molecule has 5 N–H and O–H groups in total. The number of ether oxygens (including phenoxy) is 4. The van der Waals surface area contributed by atoms with Crippen LogP contribution in [-0.4, -0.2) is 145 Å². The molecule has 2 aliphatic rings. The van der Waals surface area contributed by atoms with Crippen molar-refractivity contribution >= 4 is 58.5 Å². The van der Waals surface area contributed by atoms with Crippen LogP contribution in [0.3, 0.4) is 0 Å². The summed E-state index contributed by atoms with van der Waals surface area (Å²) in [5.41, 5.74) is 5.64. The molecule has 1 aliphatic heterocycles. The number of benzene rings is 2. The largest absolute Gasteiger partial charge is 0.493 e. The van der Waals surface area contributed by atoms with Crippen LogP contribution >= 0.6 is 11.3 Å². The first kappa shape index (κ1) is 57.3. The first-order chi connectivity index (χ1) is 35.7. The molecule has 0 unspecified atom stereocenters. The van der Waals surface area contributed by atoms with Crippen LogP contribution in [0.15, 0.2) is 66.8 Å². The third-order valence-corrected chi connectivity index (χ3v) is 13.9. The van der Waals surface area contributed by atoms with E-state index >= 15 is 0 Å². The van der Waals surface area contributed by atoms with Crippen molar-refractivity contribution in [2.75, 3.05) is 83.6 Å². The van der Waals surface area contributed by atoms with Crippen LogP contribution in [0.2, 0.25) is 0 Å². The van der Waals surface area contributed by atoms with Gasteiger partial charge in [0.15, 0.2) is 0 Å². The number of thiazole rings is 1. The van der Waals surface area contributed by atoms with E-state index in [0.717, 1.165) is 83.6 Å². The van der Waals surface area contributed by atoms with Crippen molar-refractivity contribution < 1.29 is 43.2 Å². The predicted octanol–water partition coefficient (Wildman–Crippen LogP) is 7.15. The summed E-state index contributed by atoms with van der Waals surface area (Å²) in [5.74, 6) is 1.05. The lowest BCUT2D eigenvalue weighted by Gasteiger charge is -2.35. The van der Waals surface area contributed by atoms with Gasteiger partial charge in [0.1, 0.15) is 30.3 Å². The van der Waals surface area contributed by atoms with Gasteiger partial charge in [0.25, 0.3) is 0 Å². The monoisotopic (exact) mass is 1040 g/mol. The van der Waals surface area contributed by atoms with Crippen molar-refractivity contribution in [1.82, 2.24) is 35.4 Å². The van der Waals surface area contributed by atoms with Crippen LogP contribution in [0.5, 0.6) is 5.75 Å². The lowest BCUT2D eigenvalue weighted by atomic mass is 9.84. The molecule has 4 aromatic rings. The number of anilines is 3. The van der Waals surface area contributed by atoms with E-state index in [4.69, 9.17) is 18.9 Å². The summed E-state index contributed by atoms with van der Waals surface area (Å²) < 4.78 is 23.2. The first-order valence-corrected chi connectivity index (χ1v) is 26.8. The Kier molecular flexibility index (Phi) is 22.6. The van der Waals surface area contributed by atoms with Crippen molar-refractivity contribution in [3.05, 3.63) is 83.6 Å². The number of amides is 4. The number of likely N-dealkylation sites (tertiary alicyclic amines) is 1. The number of β-amino-alcohol motifs (C(OH)–C–C–N with tert-alkyl or cyclic N) is 1. The van der Waals surface area contributed by atoms with Crippen molar-refractivity contribution in [2.45, 2.75) is 110 Å². The molecule has 18 nitrogen and oxygen atoms in total. The Morgan fingerprint density at radius 3 is 2.34 bits per heavy atom. The minimum atomic E-state index is -0.943. The molecular formula is C55H77N9O9S. The van der Waals surface area contributed by atoms with Gasteiger partial charge in [-0.05, 0) is 74.1 Å². The molecule has 0 radical (unpaired) electrons. The molecule has 2 aromatic heterocycles. The Hall–Kier alpha value is -5.99. The van der Waals surface area contributed by atoms with Crippen LogP contribution < -0.4 is 26.0 Å². The standard InChI is InChI=1S/C55H77N9O9S/c1-7-40-34-58-54(62-50(40)56-23-12-24-63(6)52(68)42-15-10-16-42)60-43-17-11-18-45(31-43)73-30-14-28-71-26-9-8-25-70-27-13-29-72-36-47(66)61-49(55(3,4)5)53(69)64-35-44(65)32-46(64)51(67)57-33-39-19-21-41(22-20-39)48-38(2)59-37-74-48/h7,11,17-22,31,34,37,42,44,46,49,65H,1,8-10,12-16,23-30,32-33,35-36H2,2-6H3,(H,57,67)(H,61,66)(H2,56,58,60,62)/t44-,46+,49-/m1/s1. The molecule has 4 amide bonds. The maximum Gasteiger partial charge on any atom is 0.246 e. The summed E-state index contributed by atoms with van der Waals surface area (Å²) in [6, 6.07) is 13.7. The zero-order valence-corrected chi connectivity index (χ0v) is 44.7. The molecule has 74 heavy (non-hydrogen) atoms. The molecule has 0 bridgehead atoms. The fourth-order valence-electron chi connectivity index (χ4n) is 8.51. The Bertz CT molecular complexity index is 2430. The van der Waals surface area contributed by atoms with E-state index in [1.54, 1.807) is 23.6 Å². The quantitative estimate of drug-likeness (QED) is 0.0316. The van der Waals surface area contributed by atoms with Crippen molar-refractivity contribution in [3.8, 4) is 16.2 Å². The maximum atomic E-state index is 14.0. The van der Waals surface area contributed by atoms with Gasteiger partial charge in [0.2, 0.25) is 29.6 Å². The number of carbonyl (C=O) groups is 4. The van der Waals surface area contributed by atoms with Gasteiger partial charge in [-0.3, -0.25) is 19.2 Å². The fourth-order valence-corrected chi connectivity index (χ4v) is 9.32. The molecule has 1 saturated heterocycles. The molecule has 6 rings (SSSR count). The average molecular weight is 1040 g/mol. The van der Waals surface area contributed by atoms with Gasteiger partial charge >= 0.3 is 0 Å². The van der Waals surface area contributed by atoms with E-state index in [1.807, 2.05) is 93.7 Å². The van der Waals surface area contributed by atoms with Gasteiger partial charge in [0.05, 0.1) is 28.8 Å². The number of aromatic nitrogens is 3. The summed E-state index contributed by atoms with van der Waals surface area (Å²) in [4.78, 5) is 70.6. The molecule has 3 heterocycles. The number of aryl methyl sites for hydroxylation is 1. The minimum absolute atomic E-state index is 0.00480. The number of unbranched alkanes of at least 4 members (excludes halogenated alkanes) is 1. The Balaban J connectivity index is 0.780. The lowest BCUT2D eigenvalue weighted by Crippen LogP contribution is -2.58. The number of carbonyl (C=O) groups excluding carboxylic acids is 4. The second-order valence-electron chi connectivity index (χ2n) is 20.0. The summed E-state index contributed by atoms with van der Waals surface area (Å²) in [6.07, 6.45) is 9.68. The topological polar surface area (TPSA) is 219 Å². The SMILES string of the molecule is C=Cc1cnc(Nc2cccc(OCCCOCCCCOCCCOCC(=O)N[C@H](C(=O)N3C[C@H](O)C[C@H]3C(=O)NCc3ccc(-c4scnc4C)cc3)C(C)(C)C)c2)nc1NCCCN(C)C(=O)C1CCC1. The van der Waals surface area contributed by atoms with E-state index in [-0.39, 0.29) is 43.8 Å². The molecule has 2 fully saturated rings. The van der Waals surface area contributed by atoms with Gasteiger partial charge in [0, 0.05) is 109 Å². The third kappa shape index (κ3) is 17.9. The smallest absolute Gasteiger partial charge is 0.246 e. The highest BCUT2D eigenvalue weighted by molar-refractivity contribution is 7.13. The van der Waals surface area contributed by atoms with Gasteiger partial charge in [-0.25, -0.2) is 9.97 Å². The van der Waals surface area contributed by atoms with Gasteiger partial charge < -0.3 is 55.1 Å². The summed E-state index contributed by atoms with van der Waals surface area (Å²) in [7, 11) is 1.88. The highest BCUT2D eigenvalue weighted by atomic mass is 32.1. The first-order valence-electron chi connectivity index (χ1n) is 26.0. The molecule has 1 saturated carbocycles. The van der Waals surface area contributed by atoms with Gasteiger partial charge in [-0.2, -0.15) is 4.98 Å². The van der Waals surface area contributed by atoms with Gasteiger partial charge in [-0.1, -0.05) is 70.2 Å². The average Bonchev–Trinajstić information content (AvgIpc) is 3.99. The minimum Gasteiger partial charge on any atom is -0.493 e. The van der Waals surface area contributed by atoms with Crippen molar-refractivity contribution in [1.29, 1.82) is 0 Å². The van der Waals surface area contributed by atoms with Crippen LogP contribution in [0, 0.1) is 18.3 Å². The van der Waals surface area contributed by atoms with Crippen LogP contribution in [0.25, 0.3) is 16.5 Å². The molecule has 402 valence electrons. The fraction of sp³-hybridized carbons (Fsp3) is 0.545. The predicted molar refractivity (Wildman–Crippen MR) is 288 cm³/mol. The summed E-state index contributed by atoms with van der Waals surface area (Å²) >= 11 is 1.58. The number of hydrogen-bond acceptors (Lipinski definition) is 15. The highest BCUT2D eigenvalue weighted by Crippen LogP contribution is 2.30. The Morgan fingerprint density at radius 2 is 1.66 bits per heavy atom. The molecule has 2 aromatic carbocycles. The zero-order valence-electron chi connectivity index (χ0n) is 43.9. The summed E-state index contributed by atoms with van der Waals surface area (Å²) in [5, 5.41) is 23.0. The number of nitrogens with zero attached hydrogens (tertiary/aromatic N) is 5. The van der Waals surface area contributed by atoms with E-state index < -0.39 is 35.4 Å². The Morgan fingerprint density at radius 1 is 0.946 bits per heavy atom. The van der Waals surface area contributed by atoms with E-state index in [0.29, 0.717) is 70.9 Å². The third-order valence-electron chi connectivity index (χ3n) is 13.0. The van der Waals surface area contributed by atoms with E-state index in [1.165, 1.54) is 4.90 Å². The molecule has 19 heteroatoms. The second-order valence-corrected chi connectivity index (χ2v) is 20.9. The second kappa shape index (κ2) is 29.2. The van der Waals surface area contributed by atoms with Crippen LogP contribution in [0.1, 0.15) is 95.4 Å². The number of rotatable bonds is 31. The van der Waals surface area contributed by atoms with Crippen molar-refractivity contribution in [3.63, 3.8) is 0 Å². The zero-order chi connectivity index (χ0) is 52.9.